The molecule has 0 unspecified atom stereocenters. The van der Waals surface area contributed by atoms with Gasteiger partial charge in [-0.25, -0.2) is 0 Å². The molecule has 2 heterocycles. The van der Waals surface area contributed by atoms with Crippen molar-refractivity contribution in [1.29, 1.82) is 0 Å². The minimum absolute atomic E-state index is 0.258. The van der Waals surface area contributed by atoms with Crippen LogP contribution in [-0.2, 0) is 4.79 Å². The highest BCUT2D eigenvalue weighted by Crippen LogP contribution is 2.24. The monoisotopic (exact) mass is 361 g/mol. The summed E-state index contributed by atoms with van der Waals surface area (Å²) in [5, 5.41) is 4.45. The Morgan fingerprint density at radius 3 is 2.86 bits per heavy atom. The largest absolute Gasteiger partial charge is 0.384 e. The van der Waals surface area contributed by atoms with Gasteiger partial charge >= 0.3 is 0 Å². The fraction of sp³-hybridized carbons (Fsp3) is 0.412. The van der Waals surface area contributed by atoms with Crippen LogP contribution >= 0.6 is 15.9 Å². The molecule has 0 atom stereocenters. The molecular formula is C17H20BrN3O. The highest BCUT2D eigenvalue weighted by Gasteiger charge is 2.15. The molecule has 1 aliphatic heterocycles. The molecule has 116 valence electrons. The standard InChI is InChI=1S/C17H20BrN3O/c18-13-4-5-14-15(6-8-20-16(14)12-13)19-9-7-17(22)21-10-2-1-3-11-21/h4-6,8,12H,1-3,7,9-11H2,(H,19,20). The molecule has 1 N–H and O–H groups in total. The normalized spacial score (nSPS) is 15.0. The lowest BCUT2D eigenvalue weighted by Gasteiger charge is -2.26. The van der Waals surface area contributed by atoms with Crippen molar-refractivity contribution in [2.24, 2.45) is 0 Å². The summed E-state index contributed by atoms with van der Waals surface area (Å²) >= 11 is 3.46. The van der Waals surface area contributed by atoms with Gasteiger partial charge < -0.3 is 10.2 Å². The first-order valence-electron chi connectivity index (χ1n) is 7.80. The number of nitrogens with zero attached hydrogens (tertiary/aromatic N) is 2. The van der Waals surface area contributed by atoms with Crippen LogP contribution in [-0.4, -0.2) is 35.4 Å². The van der Waals surface area contributed by atoms with E-state index in [2.05, 4.69) is 26.2 Å². The van der Waals surface area contributed by atoms with E-state index in [1.54, 1.807) is 6.20 Å². The molecule has 0 aliphatic carbocycles. The van der Waals surface area contributed by atoms with Gasteiger partial charge in [-0.1, -0.05) is 15.9 Å². The van der Waals surface area contributed by atoms with Gasteiger partial charge in [0.25, 0.3) is 0 Å². The van der Waals surface area contributed by atoms with Gasteiger partial charge in [-0.15, -0.1) is 0 Å². The number of fused-ring (bicyclic) bond motifs is 1. The van der Waals surface area contributed by atoms with Crippen LogP contribution in [0, 0.1) is 0 Å². The Kier molecular flexibility index (Phi) is 4.93. The summed E-state index contributed by atoms with van der Waals surface area (Å²) < 4.78 is 1.02. The molecule has 0 saturated carbocycles. The topological polar surface area (TPSA) is 45.2 Å². The van der Waals surface area contributed by atoms with E-state index in [0.29, 0.717) is 13.0 Å². The molecule has 22 heavy (non-hydrogen) atoms. The van der Waals surface area contributed by atoms with E-state index in [0.717, 1.165) is 47.0 Å². The van der Waals surface area contributed by atoms with Gasteiger partial charge in [0.15, 0.2) is 0 Å². The van der Waals surface area contributed by atoms with Gasteiger partial charge in [0.05, 0.1) is 5.52 Å². The van der Waals surface area contributed by atoms with Gasteiger partial charge in [-0.3, -0.25) is 9.78 Å². The molecule has 0 radical (unpaired) electrons. The van der Waals surface area contributed by atoms with Gasteiger partial charge in [0, 0.05) is 47.8 Å². The van der Waals surface area contributed by atoms with Crippen LogP contribution in [0.25, 0.3) is 10.9 Å². The second-order valence-electron chi connectivity index (χ2n) is 5.64. The smallest absolute Gasteiger partial charge is 0.224 e. The molecule has 2 aromatic rings. The molecule has 5 heteroatoms. The third kappa shape index (κ3) is 3.58. The average molecular weight is 362 g/mol. The molecule has 1 saturated heterocycles. The highest BCUT2D eigenvalue weighted by atomic mass is 79.9. The Labute approximate surface area is 139 Å². The van der Waals surface area contributed by atoms with E-state index in [-0.39, 0.29) is 5.91 Å². The molecule has 4 nitrogen and oxygen atoms in total. The Hall–Kier alpha value is -1.62. The molecular weight excluding hydrogens is 342 g/mol. The lowest BCUT2D eigenvalue weighted by molar-refractivity contribution is -0.131. The van der Waals surface area contributed by atoms with Gasteiger partial charge in [0.2, 0.25) is 5.91 Å². The summed E-state index contributed by atoms with van der Waals surface area (Å²) in [6.07, 6.45) is 5.87. The van der Waals surface area contributed by atoms with Crippen LogP contribution < -0.4 is 5.32 Å². The summed E-state index contributed by atoms with van der Waals surface area (Å²) in [4.78, 5) is 18.5. The van der Waals surface area contributed by atoms with E-state index < -0.39 is 0 Å². The number of carbonyl (C=O) groups is 1. The van der Waals surface area contributed by atoms with E-state index in [9.17, 15) is 4.79 Å². The number of benzene rings is 1. The maximum Gasteiger partial charge on any atom is 0.224 e. The fourth-order valence-corrected chi connectivity index (χ4v) is 3.23. The molecule has 1 aromatic carbocycles. The summed E-state index contributed by atoms with van der Waals surface area (Å²) in [6.45, 7) is 2.50. The first kappa shape index (κ1) is 15.3. The zero-order valence-corrected chi connectivity index (χ0v) is 14.1. The number of halogens is 1. The van der Waals surface area contributed by atoms with Crippen molar-refractivity contribution in [1.82, 2.24) is 9.88 Å². The van der Waals surface area contributed by atoms with E-state index in [4.69, 9.17) is 0 Å². The Balaban J connectivity index is 1.60. The number of amides is 1. The number of nitrogens with one attached hydrogen (secondary N) is 1. The zero-order valence-electron chi connectivity index (χ0n) is 12.5. The van der Waals surface area contributed by atoms with Gasteiger partial charge in [0.1, 0.15) is 0 Å². The Morgan fingerprint density at radius 2 is 2.05 bits per heavy atom. The fourth-order valence-electron chi connectivity index (χ4n) is 2.88. The molecule has 0 spiro atoms. The Bertz CT molecular complexity index is 668. The third-order valence-electron chi connectivity index (χ3n) is 4.07. The number of hydrogen-bond donors (Lipinski definition) is 1. The number of aromatic nitrogens is 1. The first-order valence-corrected chi connectivity index (χ1v) is 8.59. The summed E-state index contributed by atoms with van der Waals surface area (Å²) in [6, 6.07) is 8.01. The number of pyridine rings is 1. The van der Waals surface area contributed by atoms with Gasteiger partial charge in [-0.2, -0.15) is 0 Å². The van der Waals surface area contributed by atoms with Crippen LogP contribution in [0.3, 0.4) is 0 Å². The van der Waals surface area contributed by atoms with Crippen molar-refractivity contribution in [2.75, 3.05) is 25.0 Å². The lowest BCUT2D eigenvalue weighted by Crippen LogP contribution is -2.36. The minimum Gasteiger partial charge on any atom is -0.384 e. The minimum atomic E-state index is 0.258. The number of piperidine rings is 1. The second-order valence-corrected chi connectivity index (χ2v) is 6.55. The van der Waals surface area contributed by atoms with Crippen molar-refractivity contribution in [3.8, 4) is 0 Å². The molecule has 1 amide bonds. The maximum atomic E-state index is 12.2. The summed E-state index contributed by atoms with van der Waals surface area (Å²) in [5.41, 5.74) is 1.98. The van der Waals surface area contributed by atoms with E-state index in [1.807, 2.05) is 29.2 Å². The van der Waals surface area contributed by atoms with Crippen LogP contribution in [0.15, 0.2) is 34.9 Å². The first-order chi connectivity index (χ1) is 10.7. The zero-order chi connectivity index (χ0) is 15.4. The van der Waals surface area contributed by atoms with Crippen LogP contribution in [0.1, 0.15) is 25.7 Å². The lowest BCUT2D eigenvalue weighted by atomic mass is 10.1. The SMILES string of the molecule is O=C(CCNc1ccnc2cc(Br)ccc12)N1CCCCC1. The second kappa shape index (κ2) is 7.09. The predicted octanol–water partition coefficient (Wildman–Crippen LogP) is 3.81. The van der Waals surface area contributed by atoms with Crippen molar-refractivity contribution < 1.29 is 4.79 Å². The maximum absolute atomic E-state index is 12.2. The number of hydrogen-bond acceptors (Lipinski definition) is 3. The molecule has 1 aliphatic rings. The number of carbonyl (C=O) groups excluding carboxylic acids is 1. The van der Waals surface area contributed by atoms with Crippen LogP contribution in [0.2, 0.25) is 0 Å². The van der Waals surface area contributed by atoms with Crippen molar-refractivity contribution in [3.63, 3.8) is 0 Å². The van der Waals surface area contributed by atoms with E-state index in [1.165, 1.54) is 6.42 Å². The van der Waals surface area contributed by atoms with Crippen molar-refractivity contribution in [2.45, 2.75) is 25.7 Å². The van der Waals surface area contributed by atoms with E-state index >= 15 is 0 Å². The number of rotatable bonds is 4. The molecule has 1 aromatic heterocycles. The van der Waals surface area contributed by atoms with Crippen molar-refractivity contribution in [3.05, 3.63) is 34.9 Å². The van der Waals surface area contributed by atoms with Crippen molar-refractivity contribution >= 4 is 38.4 Å². The summed E-state index contributed by atoms with van der Waals surface area (Å²) in [7, 11) is 0. The quantitative estimate of drug-likeness (QED) is 0.900. The third-order valence-corrected chi connectivity index (χ3v) is 4.56. The average Bonchev–Trinajstić information content (AvgIpc) is 2.55. The highest BCUT2D eigenvalue weighted by molar-refractivity contribution is 9.10. The van der Waals surface area contributed by atoms with Crippen LogP contribution in [0.5, 0.6) is 0 Å². The molecule has 3 rings (SSSR count). The molecule has 0 bridgehead atoms. The Morgan fingerprint density at radius 1 is 1.23 bits per heavy atom. The number of likely N-dealkylation sites (tertiary alicyclic amines) is 1. The van der Waals surface area contributed by atoms with Gasteiger partial charge in [-0.05, 0) is 43.5 Å². The summed E-state index contributed by atoms with van der Waals surface area (Å²) in [5.74, 6) is 0.258. The van der Waals surface area contributed by atoms with Crippen LogP contribution in [0.4, 0.5) is 5.69 Å². The number of anilines is 1. The predicted molar refractivity (Wildman–Crippen MR) is 93.0 cm³/mol. The molecule has 1 fully saturated rings.